The van der Waals surface area contributed by atoms with E-state index in [0.717, 1.165) is 22.7 Å². The number of amides is 1. The predicted molar refractivity (Wildman–Crippen MR) is 129 cm³/mol. The number of benzene rings is 3. The number of carbonyl (C=O) groups excluding carboxylic acids is 1. The maximum absolute atomic E-state index is 13.0. The highest BCUT2D eigenvalue weighted by Gasteiger charge is 2.19. The molecule has 0 saturated heterocycles. The van der Waals surface area contributed by atoms with E-state index in [1.165, 1.54) is 11.8 Å². The van der Waals surface area contributed by atoms with E-state index in [2.05, 4.69) is 10.2 Å². The predicted octanol–water partition coefficient (Wildman–Crippen LogP) is 5.09. The van der Waals surface area contributed by atoms with E-state index in [-0.39, 0.29) is 11.7 Å². The zero-order valence-corrected chi connectivity index (χ0v) is 18.8. The Kier molecular flexibility index (Phi) is 6.87. The topological polar surface area (TPSA) is 60.3 Å². The summed E-state index contributed by atoms with van der Waals surface area (Å²) in [6.07, 6.45) is 0. The van der Waals surface area contributed by atoms with Crippen molar-refractivity contribution in [2.45, 2.75) is 12.1 Å². The van der Waals surface area contributed by atoms with Crippen LogP contribution in [0, 0.1) is 0 Å². The van der Waals surface area contributed by atoms with Gasteiger partial charge in [-0.2, -0.15) is 0 Å². The molecule has 4 aromatic rings. The largest absolute Gasteiger partial charge is 0.497 e. The smallest absolute Gasteiger partial charge is 0.237 e. The lowest BCUT2D eigenvalue weighted by Crippen LogP contribution is -2.32. The van der Waals surface area contributed by atoms with Crippen molar-refractivity contribution >= 4 is 23.4 Å². The fourth-order valence-corrected chi connectivity index (χ4v) is 4.24. The molecule has 4 rings (SSSR count). The van der Waals surface area contributed by atoms with E-state index in [1.807, 2.05) is 96.4 Å². The highest BCUT2D eigenvalue weighted by atomic mass is 32.2. The van der Waals surface area contributed by atoms with E-state index in [9.17, 15) is 4.79 Å². The van der Waals surface area contributed by atoms with Crippen molar-refractivity contribution in [3.63, 3.8) is 0 Å². The van der Waals surface area contributed by atoms with Gasteiger partial charge in [-0.1, -0.05) is 48.2 Å². The van der Waals surface area contributed by atoms with Crippen LogP contribution < -0.4 is 9.64 Å². The summed E-state index contributed by atoms with van der Waals surface area (Å²) in [5, 5.41) is 9.53. The Balaban J connectivity index is 1.62. The van der Waals surface area contributed by atoms with Gasteiger partial charge >= 0.3 is 0 Å². The van der Waals surface area contributed by atoms with Crippen molar-refractivity contribution in [3.8, 4) is 22.8 Å². The first-order valence-corrected chi connectivity index (χ1v) is 11.3. The van der Waals surface area contributed by atoms with Gasteiger partial charge in [0.2, 0.25) is 5.91 Å². The molecule has 7 heteroatoms. The van der Waals surface area contributed by atoms with Gasteiger partial charge in [-0.05, 0) is 55.5 Å². The van der Waals surface area contributed by atoms with Gasteiger partial charge in [0, 0.05) is 23.5 Å². The Morgan fingerprint density at radius 3 is 2.22 bits per heavy atom. The molecule has 0 atom stereocenters. The summed E-state index contributed by atoms with van der Waals surface area (Å²) in [5.74, 6) is 1.78. The molecule has 1 heterocycles. The average Bonchev–Trinajstić information content (AvgIpc) is 3.28. The number of rotatable bonds is 8. The normalized spacial score (nSPS) is 10.7. The van der Waals surface area contributed by atoms with Gasteiger partial charge in [0.15, 0.2) is 11.0 Å². The maximum atomic E-state index is 13.0. The molecule has 3 aromatic carbocycles. The van der Waals surface area contributed by atoms with Crippen LogP contribution in [0.1, 0.15) is 6.92 Å². The standard InChI is InChI=1S/C25H24N4O2S/c1-3-28(20-10-6-4-7-11-20)23(30)18-32-25-27-26-24(19-14-16-22(31-2)17-15-19)29(25)21-12-8-5-9-13-21/h4-17H,3,18H2,1-2H3. The summed E-state index contributed by atoms with van der Waals surface area (Å²) >= 11 is 1.38. The molecule has 0 N–H and O–H groups in total. The highest BCUT2D eigenvalue weighted by molar-refractivity contribution is 7.99. The maximum Gasteiger partial charge on any atom is 0.237 e. The van der Waals surface area contributed by atoms with Crippen LogP contribution in [-0.2, 0) is 4.79 Å². The van der Waals surface area contributed by atoms with Gasteiger partial charge in [0.25, 0.3) is 0 Å². The van der Waals surface area contributed by atoms with E-state index >= 15 is 0 Å². The average molecular weight is 445 g/mol. The number of thioether (sulfide) groups is 1. The number of para-hydroxylation sites is 2. The SMILES string of the molecule is CCN(C(=O)CSc1nnc(-c2ccc(OC)cc2)n1-c1ccccc1)c1ccccc1. The first kappa shape index (κ1) is 21.6. The summed E-state index contributed by atoms with van der Waals surface area (Å²) in [6.45, 7) is 2.58. The molecule has 1 amide bonds. The summed E-state index contributed by atoms with van der Waals surface area (Å²) < 4.78 is 7.26. The highest BCUT2D eigenvalue weighted by Crippen LogP contribution is 2.29. The Hall–Kier alpha value is -3.58. The van der Waals surface area contributed by atoms with Crippen molar-refractivity contribution in [3.05, 3.63) is 84.9 Å². The Morgan fingerprint density at radius 2 is 1.59 bits per heavy atom. The summed E-state index contributed by atoms with van der Waals surface area (Å²) in [7, 11) is 1.64. The number of ether oxygens (including phenoxy) is 1. The van der Waals surface area contributed by atoms with Gasteiger partial charge < -0.3 is 9.64 Å². The second-order valence-electron chi connectivity index (χ2n) is 6.97. The summed E-state index contributed by atoms with van der Waals surface area (Å²) in [5.41, 5.74) is 2.75. The lowest BCUT2D eigenvalue weighted by molar-refractivity contribution is -0.116. The number of carbonyl (C=O) groups is 1. The third-order valence-corrected chi connectivity index (χ3v) is 5.92. The number of anilines is 1. The summed E-state index contributed by atoms with van der Waals surface area (Å²) in [4.78, 5) is 14.8. The van der Waals surface area contributed by atoms with Crippen LogP contribution >= 0.6 is 11.8 Å². The number of methoxy groups -OCH3 is 1. The van der Waals surface area contributed by atoms with Crippen molar-refractivity contribution in [1.29, 1.82) is 0 Å². The Bertz CT molecular complexity index is 1160. The second-order valence-corrected chi connectivity index (χ2v) is 7.91. The van der Waals surface area contributed by atoms with Gasteiger partial charge in [-0.25, -0.2) is 0 Å². The lowest BCUT2D eigenvalue weighted by atomic mass is 10.2. The molecule has 0 unspecified atom stereocenters. The molecule has 0 radical (unpaired) electrons. The van der Waals surface area contributed by atoms with Crippen molar-refractivity contribution in [2.24, 2.45) is 0 Å². The lowest BCUT2D eigenvalue weighted by Gasteiger charge is -2.20. The third-order valence-electron chi connectivity index (χ3n) is 5.01. The molecule has 0 bridgehead atoms. The van der Waals surface area contributed by atoms with Crippen molar-refractivity contribution in [2.75, 3.05) is 24.3 Å². The van der Waals surface area contributed by atoms with E-state index in [4.69, 9.17) is 4.74 Å². The minimum absolute atomic E-state index is 0.0253. The Morgan fingerprint density at radius 1 is 0.938 bits per heavy atom. The summed E-state index contributed by atoms with van der Waals surface area (Å²) in [6, 6.07) is 27.3. The van der Waals surface area contributed by atoms with E-state index < -0.39 is 0 Å². The minimum atomic E-state index is 0.0253. The van der Waals surface area contributed by atoms with Crippen LogP contribution in [0.25, 0.3) is 17.1 Å². The second kappa shape index (κ2) is 10.2. The fraction of sp³-hybridized carbons (Fsp3) is 0.160. The quantitative estimate of drug-likeness (QED) is 0.354. The third kappa shape index (κ3) is 4.68. The first-order chi connectivity index (χ1) is 15.7. The molecule has 0 aliphatic rings. The number of hydrogen-bond donors (Lipinski definition) is 0. The Labute approximate surface area is 191 Å². The molecule has 162 valence electrons. The molecule has 0 aliphatic heterocycles. The molecule has 0 fully saturated rings. The van der Waals surface area contributed by atoms with Crippen LogP contribution in [0.15, 0.2) is 90.1 Å². The molecule has 32 heavy (non-hydrogen) atoms. The molecule has 0 aliphatic carbocycles. The molecular formula is C25H24N4O2S. The van der Waals surface area contributed by atoms with Crippen molar-refractivity contribution < 1.29 is 9.53 Å². The molecule has 0 saturated carbocycles. The van der Waals surface area contributed by atoms with Crippen molar-refractivity contribution in [1.82, 2.24) is 14.8 Å². The van der Waals surface area contributed by atoms with E-state index in [1.54, 1.807) is 12.0 Å². The zero-order chi connectivity index (χ0) is 22.3. The van der Waals surface area contributed by atoms with Gasteiger partial charge in [0.05, 0.1) is 12.9 Å². The van der Waals surface area contributed by atoms with Crippen LogP contribution in [0.3, 0.4) is 0 Å². The zero-order valence-electron chi connectivity index (χ0n) is 18.0. The monoisotopic (exact) mass is 444 g/mol. The number of aromatic nitrogens is 3. The minimum Gasteiger partial charge on any atom is -0.497 e. The van der Waals surface area contributed by atoms with Gasteiger partial charge in [-0.15, -0.1) is 10.2 Å². The molecule has 1 aromatic heterocycles. The molecular weight excluding hydrogens is 420 g/mol. The van der Waals surface area contributed by atoms with E-state index in [0.29, 0.717) is 17.5 Å². The molecule has 6 nitrogen and oxygen atoms in total. The molecule has 0 spiro atoms. The number of nitrogens with zero attached hydrogens (tertiary/aromatic N) is 4. The fourth-order valence-electron chi connectivity index (χ4n) is 3.42. The van der Waals surface area contributed by atoms with Crippen LogP contribution in [0.2, 0.25) is 0 Å². The van der Waals surface area contributed by atoms with Gasteiger partial charge in [-0.3, -0.25) is 9.36 Å². The first-order valence-electron chi connectivity index (χ1n) is 10.3. The number of hydrogen-bond acceptors (Lipinski definition) is 5. The van der Waals surface area contributed by atoms with Gasteiger partial charge in [0.1, 0.15) is 5.75 Å². The van der Waals surface area contributed by atoms with Crippen LogP contribution in [-0.4, -0.2) is 40.1 Å². The van der Waals surface area contributed by atoms with Crippen LogP contribution in [0.4, 0.5) is 5.69 Å². The van der Waals surface area contributed by atoms with Crippen LogP contribution in [0.5, 0.6) is 5.75 Å².